The van der Waals surface area contributed by atoms with Crippen LogP contribution in [0.25, 0.3) is 11.3 Å². The Hall–Kier alpha value is -1.76. The number of aromatic nitrogens is 1. The number of thiophene rings is 1. The molecule has 2 N–H and O–H groups in total. The first-order chi connectivity index (χ1) is 11.2. The molecule has 2 aromatic rings. The summed E-state index contributed by atoms with van der Waals surface area (Å²) in [5.41, 5.74) is 3.45. The molecule has 0 unspecified atom stereocenters. The first-order valence-corrected chi connectivity index (χ1v) is 8.90. The predicted octanol–water partition coefficient (Wildman–Crippen LogP) is 1.75. The smallest absolute Gasteiger partial charge is 0.253 e. The molecule has 0 saturated carbocycles. The lowest BCUT2D eigenvalue weighted by Crippen LogP contribution is -2.46. The number of carbonyl (C=O) groups is 1. The van der Waals surface area contributed by atoms with Crippen molar-refractivity contribution in [3.63, 3.8) is 0 Å². The SMILES string of the molecule is Cc1nc(-c2ccsc2)ccc1C(=O)NCCN1CCNCC1. The minimum atomic E-state index is -0.0398. The second kappa shape index (κ2) is 7.68. The van der Waals surface area contributed by atoms with Crippen LogP contribution in [0.4, 0.5) is 0 Å². The fourth-order valence-electron chi connectivity index (χ4n) is 2.73. The van der Waals surface area contributed by atoms with Gasteiger partial charge < -0.3 is 10.6 Å². The summed E-state index contributed by atoms with van der Waals surface area (Å²) in [5, 5.41) is 10.4. The van der Waals surface area contributed by atoms with Gasteiger partial charge in [0.05, 0.1) is 17.0 Å². The van der Waals surface area contributed by atoms with Crippen LogP contribution in [0.3, 0.4) is 0 Å². The molecular formula is C17H22N4OS. The van der Waals surface area contributed by atoms with Gasteiger partial charge >= 0.3 is 0 Å². The molecule has 1 saturated heterocycles. The topological polar surface area (TPSA) is 57.3 Å². The first-order valence-electron chi connectivity index (χ1n) is 7.95. The maximum absolute atomic E-state index is 12.3. The Balaban J connectivity index is 1.56. The summed E-state index contributed by atoms with van der Waals surface area (Å²) in [6.07, 6.45) is 0. The molecule has 5 nitrogen and oxygen atoms in total. The maximum Gasteiger partial charge on any atom is 0.253 e. The fraction of sp³-hybridized carbons (Fsp3) is 0.412. The number of hydrogen-bond donors (Lipinski definition) is 2. The number of aryl methyl sites for hydroxylation is 1. The monoisotopic (exact) mass is 330 g/mol. The zero-order valence-electron chi connectivity index (χ0n) is 13.3. The summed E-state index contributed by atoms with van der Waals surface area (Å²) in [6.45, 7) is 7.61. The average molecular weight is 330 g/mol. The molecule has 0 atom stereocenters. The van der Waals surface area contributed by atoms with Crippen molar-refractivity contribution in [2.45, 2.75) is 6.92 Å². The van der Waals surface area contributed by atoms with Gasteiger partial charge in [-0.05, 0) is 30.5 Å². The number of pyridine rings is 1. The summed E-state index contributed by atoms with van der Waals surface area (Å²) in [7, 11) is 0. The van der Waals surface area contributed by atoms with Crippen LogP contribution in [0.15, 0.2) is 29.0 Å². The zero-order valence-corrected chi connectivity index (χ0v) is 14.2. The summed E-state index contributed by atoms with van der Waals surface area (Å²) in [4.78, 5) is 19.2. The number of amides is 1. The van der Waals surface area contributed by atoms with E-state index in [9.17, 15) is 4.79 Å². The second-order valence-electron chi connectivity index (χ2n) is 5.69. The Bertz CT molecular complexity index is 651. The van der Waals surface area contributed by atoms with E-state index in [4.69, 9.17) is 0 Å². The molecule has 1 aliphatic heterocycles. The molecule has 1 aliphatic rings. The van der Waals surface area contributed by atoms with Crippen molar-refractivity contribution in [3.8, 4) is 11.3 Å². The van der Waals surface area contributed by atoms with Crippen LogP contribution in [0.1, 0.15) is 16.1 Å². The Morgan fingerprint density at radius 1 is 1.35 bits per heavy atom. The number of piperazine rings is 1. The standard InChI is InChI=1S/C17H22N4OS/c1-13-15(2-3-16(20-13)14-4-11-23-12-14)17(22)19-7-10-21-8-5-18-6-9-21/h2-4,11-12,18H,5-10H2,1H3,(H,19,22). The molecule has 0 aromatic carbocycles. The van der Waals surface area contributed by atoms with Crippen LogP contribution in [0.5, 0.6) is 0 Å². The Morgan fingerprint density at radius 2 is 2.17 bits per heavy atom. The molecule has 3 heterocycles. The molecule has 0 radical (unpaired) electrons. The molecular weight excluding hydrogens is 308 g/mol. The number of nitrogens with one attached hydrogen (secondary N) is 2. The van der Waals surface area contributed by atoms with E-state index in [1.165, 1.54) is 0 Å². The van der Waals surface area contributed by atoms with Crippen LogP contribution >= 0.6 is 11.3 Å². The predicted molar refractivity (Wildman–Crippen MR) is 93.9 cm³/mol. The zero-order chi connectivity index (χ0) is 16.1. The van der Waals surface area contributed by atoms with E-state index in [-0.39, 0.29) is 5.91 Å². The van der Waals surface area contributed by atoms with Crippen LogP contribution < -0.4 is 10.6 Å². The third kappa shape index (κ3) is 4.16. The van der Waals surface area contributed by atoms with E-state index in [1.54, 1.807) is 11.3 Å². The molecule has 6 heteroatoms. The highest BCUT2D eigenvalue weighted by molar-refractivity contribution is 7.08. The van der Waals surface area contributed by atoms with Crippen molar-refractivity contribution < 1.29 is 4.79 Å². The van der Waals surface area contributed by atoms with Gasteiger partial charge in [0.15, 0.2) is 0 Å². The van der Waals surface area contributed by atoms with Crippen molar-refractivity contribution in [1.82, 2.24) is 20.5 Å². The Morgan fingerprint density at radius 3 is 2.87 bits per heavy atom. The Kier molecular flexibility index (Phi) is 5.38. The molecule has 23 heavy (non-hydrogen) atoms. The van der Waals surface area contributed by atoms with Gasteiger partial charge in [0.2, 0.25) is 0 Å². The highest BCUT2D eigenvalue weighted by Gasteiger charge is 2.13. The Labute approximate surface area is 140 Å². The maximum atomic E-state index is 12.3. The van der Waals surface area contributed by atoms with E-state index < -0.39 is 0 Å². The second-order valence-corrected chi connectivity index (χ2v) is 6.47. The van der Waals surface area contributed by atoms with Crippen molar-refractivity contribution in [2.75, 3.05) is 39.3 Å². The molecule has 0 bridgehead atoms. The molecule has 122 valence electrons. The van der Waals surface area contributed by atoms with Gasteiger partial charge in [-0.25, -0.2) is 0 Å². The molecule has 1 fully saturated rings. The van der Waals surface area contributed by atoms with E-state index in [0.717, 1.165) is 49.7 Å². The minimum Gasteiger partial charge on any atom is -0.351 e. The first kappa shape index (κ1) is 16.1. The van der Waals surface area contributed by atoms with Gasteiger partial charge in [0.25, 0.3) is 5.91 Å². The number of carbonyl (C=O) groups excluding carboxylic acids is 1. The van der Waals surface area contributed by atoms with Crippen LogP contribution in [0, 0.1) is 6.92 Å². The van der Waals surface area contributed by atoms with E-state index in [1.807, 2.05) is 30.5 Å². The fourth-order valence-corrected chi connectivity index (χ4v) is 3.38. The lowest BCUT2D eigenvalue weighted by molar-refractivity contribution is 0.0946. The van der Waals surface area contributed by atoms with Gasteiger partial charge in [-0.3, -0.25) is 14.7 Å². The van der Waals surface area contributed by atoms with Gasteiger partial charge in [-0.1, -0.05) is 0 Å². The average Bonchev–Trinajstić information content (AvgIpc) is 3.10. The minimum absolute atomic E-state index is 0.0398. The van der Waals surface area contributed by atoms with Gasteiger partial charge in [0.1, 0.15) is 0 Å². The van der Waals surface area contributed by atoms with Crippen LogP contribution in [0.2, 0.25) is 0 Å². The normalized spacial score (nSPS) is 15.5. The lowest BCUT2D eigenvalue weighted by Gasteiger charge is -2.27. The van der Waals surface area contributed by atoms with E-state index in [0.29, 0.717) is 12.1 Å². The van der Waals surface area contributed by atoms with Gasteiger partial charge in [-0.2, -0.15) is 11.3 Å². The molecule has 3 rings (SSSR count). The van der Waals surface area contributed by atoms with Crippen LogP contribution in [-0.4, -0.2) is 55.1 Å². The number of rotatable bonds is 5. The highest BCUT2D eigenvalue weighted by atomic mass is 32.1. The van der Waals surface area contributed by atoms with Crippen molar-refractivity contribution in [3.05, 3.63) is 40.2 Å². The molecule has 0 aliphatic carbocycles. The van der Waals surface area contributed by atoms with E-state index in [2.05, 4.69) is 25.9 Å². The third-order valence-electron chi connectivity index (χ3n) is 4.07. The summed E-state index contributed by atoms with van der Waals surface area (Å²) in [5.74, 6) is -0.0398. The lowest BCUT2D eigenvalue weighted by atomic mass is 10.1. The van der Waals surface area contributed by atoms with Crippen molar-refractivity contribution in [2.24, 2.45) is 0 Å². The summed E-state index contributed by atoms with van der Waals surface area (Å²) in [6, 6.07) is 5.83. The van der Waals surface area contributed by atoms with E-state index >= 15 is 0 Å². The summed E-state index contributed by atoms with van der Waals surface area (Å²) >= 11 is 1.65. The summed E-state index contributed by atoms with van der Waals surface area (Å²) < 4.78 is 0. The van der Waals surface area contributed by atoms with Crippen LogP contribution in [-0.2, 0) is 0 Å². The third-order valence-corrected chi connectivity index (χ3v) is 4.75. The van der Waals surface area contributed by atoms with Crippen molar-refractivity contribution >= 4 is 17.2 Å². The number of nitrogens with zero attached hydrogens (tertiary/aromatic N) is 2. The van der Waals surface area contributed by atoms with Gasteiger partial charge in [0, 0.05) is 50.2 Å². The molecule has 0 spiro atoms. The van der Waals surface area contributed by atoms with Crippen molar-refractivity contribution in [1.29, 1.82) is 0 Å². The highest BCUT2D eigenvalue weighted by Crippen LogP contribution is 2.21. The van der Waals surface area contributed by atoms with Gasteiger partial charge in [-0.15, -0.1) is 0 Å². The largest absolute Gasteiger partial charge is 0.351 e. The molecule has 2 aromatic heterocycles. The molecule has 1 amide bonds. The number of hydrogen-bond acceptors (Lipinski definition) is 5. The quantitative estimate of drug-likeness (QED) is 0.877.